The normalized spacial score (nSPS) is 24.2. The quantitative estimate of drug-likeness (QED) is 0.357. The largest absolute Gasteiger partial charge is 0.409 e. The van der Waals surface area contributed by atoms with E-state index in [1.807, 2.05) is 24.3 Å². The molecule has 0 aliphatic carbocycles. The summed E-state index contributed by atoms with van der Waals surface area (Å²) in [5, 5.41) is 11.7. The smallest absolute Gasteiger partial charge is 0.170 e. The average Bonchev–Trinajstić information content (AvgIpc) is 2.88. The maximum atomic E-state index is 8.72. The van der Waals surface area contributed by atoms with Crippen LogP contribution in [0.4, 0.5) is 0 Å². The van der Waals surface area contributed by atoms with Crippen LogP contribution in [0, 0.1) is 0 Å². The van der Waals surface area contributed by atoms with Gasteiger partial charge in [-0.2, -0.15) is 0 Å². The Morgan fingerprint density at radius 3 is 2.55 bits per heavy atom. The Morgan fingerprint density at radius 2 is 2.00 bits per heavy atom. The summed E-state index contributed by atoms with van der Waals surface area (Å²) in [6, 6.07) is 7.67. The van der Waals surface area contributed by atoms with Gasteiger partial charge in [0.15, 0.2) is 5.84 Å². The molecule has 1 heterocycles. The summed E-state index contributed by atoms with van der Waals surface area (Å²) < 4.78 is 10.8. The summed E-state index contributed by atoms with van der Waals surface area (Å²) >= 11 is 0. The second kappa shape index (κ2) is 6.69. The molecule has 2 atom stereocenters. The van der Waals surface area contributed by atoms with Crippen molar-refractivity contribution in [1.29, 1.82) is 0 Å². The van der Waals surface area contributed by atoms with E-state index in [2.05, 4.69) is 10.1 Å². The molecule has 2 unspecified atom stereocenters. The number of benzene rings is 1. The number of nitrogens with two attached hydrogens (primary N) is 1. The molecule has 2 rings (SSSR count). The summed E-state index contributed by atoms with van der Waals surface area (Å²) in [6.45, 7) is 2.46. The molecule has 1 aromatic carbocycles. The fraction of sp³-hybridized carbons (Fsp3) is 0.500. The van der Waals surface area contributed by atoms with Gasteiger partial charge in [0, 0.05) is 39.4 Å². The van der Waals surface area contributed by atoms with Gasteiger partial charge in [0.1, 0.15) is 0 Å². The molecule has 1 saturated heterocycles. The van der Waals surface area contributed by atoms with Gasteiger partial charge in [-0.1, -0.05) is 23.4 Å². The Morgan fingerprint density at radius 1 is 1.35 bits per heavy atom. The van der Waals surface area contributed by atoms with E-state index in [-0.39, 0.29) is 18.0 Å². The summed E-state index contributed by atoms with van der Waals surface area (Å²) in [6.07, 6.45) is 0.208. The van der Waals surface area contributed by atoms with Gasteiger partial charge in [-0.3, -0.25) is 4.90 Å². The highest BCUT2D eigenvalue weighted by atomic mass is 16.5. The van der Waals surface area contributed by atoms with E-state index in [1.54, 1.807) is 14.2 Å². The lowest BCUT2D eigenvalue weighted by Crippen LogP contribution is -2.27. The van der Waals surface area contributed by atoms with Gasteiger partial charge in [-0.25, -0.2) is 0 Å². The summed E-state index contributed by atoms with van der Waals surface area (Å²) in [4.78, 5) is 2.27. The van der Waals surface area contributed by atoms with E-state index in [9.17, 15) is 0 Å². The molecular weight excluding hydrogens is 258 g/mol. The lowest BCUT2D eigenvalue weighted by molar-refractivity contribution is -0.00461. The summed E-state index contributed by atoms with van der Waals surface area (Å²) in [5.74, 6) is 0.123. The third-order valence-electron chi connectivity index (χ3n) is 3.63. The predicted molar refractivity (Wildman–Crippen MR) is 75.8 cm³/mol. The summed E-state index contributed by atoms with van der Waals surface area (Å²) in [5.41, 5.74) is 7.43. The number of hydrogen-bond acceptors (Lipinski definition) is 5. The molecule has 0 amide bonds. The lowest BCUT2D eigenvalue weighted by atomic mass is 10.1. The van der Waals surface area contributed by atoms with Gasteiger partial charge in [0.2, 0.25) is 0 Å². The van der Waals surface area contributed by atoms with Crippen LogP contribution in [0.2, 0.25) is 0 Å². The Hall–Kier alpha value is -1.63. The van der Waals surface area contributed by atoms with Crippen molar-refractivity contribution < 1.29 is 14.7 Å². The number of oxime groups is 1. The maximum absolute atomic E-state index is 8.72. The molecule has 0 radical (unpaired) electrons. The standard InChI is InChI=1S/C14H21N3O3/c1-19-12-8-17(9-13(12)20-2)7-10-4-3-5-11(6-10)14(15)16-18/h3-6,12-13,18H,7-9H2,1-2H3,(H2,15,16). The van der Waals surface area contributed by atoms with Gasteiger partial charge in [0.05, 0.1) is 12.2 Å². The van der Waals surface area contributed by atoms with Crippen molar-refractivity contribution in [2.45, 2.75) is 18.8 Å². The zero-order valence-electron chi connectivity index (χ0n) is 11.8. The second-order valence-corrected chi connectivity index (χ2v) is 4.93. The van der Waals surface area contributed by atoms with Crippen LogP contribution in [-0.4, -0.2) is 55.5 Å². The van der Waals surface area contributed by atoms with Gasteiger partial charge >= 0.3 is 0 Å². The molecule has 0 aromatic heterocycles. The molecule has 110 valence electrons. The Bertz CT molecular complexity index is 466. The van der Waals surface area contributed by atoms with Crippen molar-refractivity contribution in [3.05, 3.63) is 35.4 Å². The van der Waals surface area contributed by atoms with Crippen molar-refractivity contribution in [2.24, 2.45) is 10.9 Å². The number of likely N-dealkylation sites (tertiary alicyclic amines) is 1. The molecule has 3 N–H and O–H groups in total. The molecular formula is C14H21N3O3. The molecule has 1 aromatic rings. The van der Waals surface area contributed by atoms with Crippen molar-refractivity contribution in [3.63, 3.8) is 0 Å². The van der Waals surface area contributed by atoms with Gasteiger partial charge in [0.25, 0.3) is 0 Å². The van der Waals surface area contributed by atoms with E-state index >= 15 is 0 Å². The van der Waals surface area contributed by atoms with Crippen molar-refractivity contribution >= 4 is 5.84 Å². The minimum Gasteiger partial charge on any atom is -0.409 e. The number of ether oxygens (including phenoxy) is 2. The molecule has 0 saturated carbocycles. The fourth-order valence-electron chi connectivity index (χ4n) is 2.55. The molecule has 1 fully saturated rings. The molecule has 6 heteroatoms. The first-order valence-electron chi connectivity index (χ1n) is 6.52. The molecule has 20 heavy (non-hydrogen) atoms. The predicted octanol–water partition coefficient (Wildman–Crippen LogP) is 0.627. The first-order chi connectivity index (χ1) is 9.67. The molecule has 6 nitrogen and oxygen atoms in total. The Labute approximate surface area is 118 Å². The third kappa shape index (κ3) is 3.27. The molecule has 1 aliphatic heterocycles. The highest BCUT2D eigenvalue weighted by molar-refractivity contribution is 5.97. The summed E-state index contributed by atoms with van der Waals surface area (Å²) in [7, 11) is 3.42. The maximum Gasteiger partial charge on any atom is 0.170 e. The third-order valence-corrected chi connectivity index (χ3v) is 3.63. The van der Waals surface area contributed by atoms with Crippen molar-refractivity contribution in [2.75, 3.05) is 27.3 Å². The second-order valence-electron chi connectivity index (χ2n) is 4.93. The number of hydrogen-bond donors (Lipinski definition) is 2. The van der Waals surface area contributed by atoms with Crippen molar-refractivity contribution in [1.82, 2.24) is 4.90 Å². The topological polar surface area (TPSA) is 80.3 Å². The van der Waals surface area contributed by atoms with Crippen LogP contribution in [0.15, 0.2) is 29.4 Å². The van der Waals surface area contributed by atoms with Gasteiger partial charge in [-0.05, 0) is 11.6 Å². The van der Waals surface area contributed by atoms with Crippen molar-refractivity contribution in [3.8, 4) is 0 Å². The van der Waals surface area contributed by atoms with E-state index in [1.165, 1.54) is 0 Å². The first kappa shape index (κ1) is 14.8. The molecule has 0 spiro atoms. The zero-order valence-corrected chi connectivity index (χ0v) is 11.8. The number of methoxy groups -OCH3 is 2. The van der Waals surface area contributed by atoms with Gasteiger partial charge in [-0.15, -0.1) is 0 Å². The highest BCUT2D eigenvalue weighted by Gasteiger charge is 2.32. The molecule has 0 bridgehead atoms. The highest BCUT2D eigenvalue weighted by Crippen LogP contribution is 2.18. The lowest BCUT2D eigenvalue weighted by Gasteiger charge is -2.15. The first-order valence-corrected chi connectivity index (χ1v) is 6.52. The van der Waals surface area contributed by atoms with Crippen LogP contribution in [0.5, 0.6) is 0 Å². The van der Waals surface area contributed by atoms with Crippen LogP contribution in [-0.2, 0) is 16.0 Å². The average molecular weight is 279 g/mol. The fourth-order valence-corrected chi connectivity index (χ4v) is 2.55. The minimum absolute atomic E-state index is 0.104. The van der Waals surface area contributed by atoms with Gasteiger partial charge < -0.3 is 20.4 Å². The minimum atomic E-state index is 0.104. The Kier molecular flexibility index (Phi) is 4.94. The van der Waals surface area contributed by atoms with E-state index in [0.717, 1.165) is 30.8 Å². The van der Waals surface area contributed by atoms with E-state index in [0.29, 0.717) is 0 Å². The zero-order chi connectivity index (χ0) is 14.5. The van der Waals surface area contributed by atoms with Crippen LogP contribution in [0.3, 0.4) is 0 Å². The molecule has 1 aliphatic rings. The van der Waals surface area contributed by atoms with Crippen LogP contribution < -0.4 is 5.73 Å². The van der Waals surface area contributed by atoms with E-state index < -0.39 is 0 Å². The van der Waals surface area contributed by atoms with Crippen LogP contribution in [0.1, 0.15) is 11.1 Å². The number of rotatable bonds is 5. The Balaban J connectivity index is 2.04. The van der Waals surface area contributed by atoms with E-state index in [4.69, 9.17) is 20.4 Å². The van der Waals surface area contributed by atoms with Crippen LogP contribution in [0.25, 0.3) is 0 Å². The number of nitrogens with zero attached hydrogens (tertiary/aromatic N) is 2. The SMILES string of the molecule is COC1CN(Cc2cccc(/C(N)=N/O)c2)CC1OC. The van der Waals surface area contributed by atoms with Crippen LogP contribution >= 0.6 is 0 Å². The monoisotopic (exact) mass is 279 g/mol. The number of amidine groups is 1.